The van der Waals surface area contributed by atoms with E-state index in [9.17, 15) is 19.8 Å². The lowest BCUT2D eigenvalue weighted by molar-refractivity contribution is -0.143. The molecule has 0 saturated heterocycles. The fourth-order valence-electron chi connectivity index (χ4n) is 11.3. The Balaban J connectivity index is 3.44. The molecule has 0 heterocycles. The van der Waals surface area contributed by atoms with Gasteiger partial charge in [0.25, 0.3) is 0 Å². The van der Waals surface area contributed by atoms with Gasteiger partial charge in [0, 0.05) is 12.8 Å². The van der Waals surface area contributed by atoms with Crippen LogP contribution in [0.15, 0.2) is 24.3 Å². The number of nitrogens with one attached hydrogen (secondary N) is 1. The van der Waals surface area contributed by atoms with Crippen LogP contribution in [-0.2, 0) is 14.3 Å². The molecule has 0 aromatic rings. The topological polar surface area (TPSA) is 95.9 Å². The molecule has 0 fully saturated rings. The number of carbonyl (C=O) groups is 2. The molecule has 0 bridgehead atoms. The molecule has 2 atom stereocenters. The minimum Gasteiger partial charge on any atom is -0.466 e. The number of amides is 1. The molecule has 0 aliphatic rings. The number of esters is 1. The average Bonchev–Trinajstić information content (AvgIpc) is 3.44. The Morgan fingerprint density at radius 2 is 0.628 bits per heavy atom. The average molecular weight is 1100 g/mol. The number of unbranched alkanes of at least 4 members (excludes halogenated alkanes) is 53. The van der Waals surface area contributed by atoms with Gasteiger partial charge in [-0.3, -0.25) is 9.59 Å². The number of rotatable bonds is 67. The number of carbonyl (C=O) groups excluding carboxylic acids is 2. The highest BCUT2D eigenvalue weighted by Gasteiger charge is 2.20. The van der Waals surface area contributed by atoms with E-state index < -0.39 is 12.1 Å². The second kappa shape index (κ2) is 67.8. The number of ether oxygens (including phenoxy) is 1. The van der Waals surface area contributed by atoms with Crippen molar-refractivity contribution in [2.45, 2.75) is 411 Å². The van der Waals surface area contributed by atoms with Gasteiger partial charge < -0.3 is 20.3 Å². The second-order valence-electron chi connectivity index (χ2n) is 24.6. The van der Waals surface area contributed by atoms with Gasteiger partial charge in [-0.2, -0.15) is 0 Å². The van der Waals surface area contributed by atoms with Gasteiger partial charge in [-0.25, -0.2) is 0 Å². The summed E-state index contributed by atoms with van der Waals surface area (Å²) in [6.07, 6.45) is 85.1. The van der Waals surface area contributed by atoms with E-state index in [2.05, 4.69) is 43.5 Å². The standard InChI is InChI=1S/C72H139NO5/c1-3-5-7-9-11-13-15-17-19-21-22-23-24-25-26-27-29-33-36-40-44-48-52-56-60-64-70(75)69(68-74)73-71(76)65-61-57-53-49-45-41-37-34-30-28-31-35-39-43-47-51-55-59-63-67-78-72(77)66-62-58-54-50-46-42-38-32-20-18-16-14-12-10-8-6-4-2/h35,39,43,47,69-70,74-75H,3-34,36-38,40-42,44-46,48-68H2,1-2H3,(H,73,76)/b39-35-,47-43-. The SMILES string of the molecule is CCCCCCCCCCCCCCCCCCCCCCCCCCCC(O)C(CO)NC(=O)CCCCCCCCCCCC/C=C\C=C/CCCCCOC(=O)CCCCCCCCCCCCCCCCCCC. The van der Waals surface area contributed by atoms with Crippen molar-refractivity contribution in [3.05, 3.63) is 24.3 Å². The molecule has 0 aromatic carbocycles. The molecule has 0 radical (unpaired) electrons. The first-order chi connectivity index (χ1) is 38.5. The molecule has 2 unspecified atom stereocenters. The normalized spacial score (nSPS) is 12.6. The summed E-state index contributed by atoms with van der Waals surface area (Å²) in [5.41, 5.74) is 0. The van der Waals surface area contributed by atoms with Crippen LogP contribution >= 0.6 is 0 Å². The Kier molecular flexibility index (Phi) is 66.4. The van der Waals surface area contributed by atoms with Gasteiger partial charge >= 0.3 is 5.97 Å². The predicted octanol–water partition coefficient (Wildman–Crippen LogP) is 22.9. The Morgan fingerprint density at radius 1 is 0.359 bits per heavy atom. The molecule has 0 spiro atoms. The maximum Gasteiger partial charge on any atom is 0.305 e. The summed E-state index contributed by atoms with van der Waals surface area (Å²) in [7, 11) is 0. The van der Waals surface area contributed by atoms with E-state index in [0.29, 0.717) is 25.9 Å². The zero-order valence-corrected chi connectivity index (χ0v) is 52.9. The highest BCUT2D eigenvalue weighted by molar-refractivity contribution is 5.76. The molecule has 1 amide bonds. The third kappa shape index (κ3) is 63.5. The van der Waals surface area contributed by atoms with E-state index >= 15 is 0 Å². The van der Waals surface area contributed by atoms with Crippen molar-refractivity contribution in [1.82, 2.24) is 5.32 Å². The van der Waals surface area contributed by atoms with Gasteiger partial charge in [0.2, 0.25) is 5.91 Å². The van der Waals surface area contributed by atoms with Crippen molar-refractivity contribution in [3.8, 4) is 0 Å². The van der Waals surface area contributed by atoms with Crippen molar-refractivity contribution in [1.29, 1.82) is 0 Å². The van der Waals surface area contributed by atoms with Gasteiger partial charge in [0.1, 0.15) is 0 Å². The van der Waals surface area contributed by atoms with E-state index in [1.165, 1.54) is 295 Å². The molecule has 0 aliphatic carbocycles. The molecular weight excluding hydrogens is 959 g/mol. The minimum atomic E-state index is -0.673. The van der Waals surface area contributed by atoms with Gasteiger partial charge in [-0.05, 0) is 57.8 Å². The largest absolute Gasteiger partial charge is 0.466 e. The van der Waals surface area contributed by atoms with Crippen LogP contribution in [-0.4, -0.2) is 47.4 Å². The summed E-state index contributed by atoms with van der Waals surface area (Å²) in [5, 5.41) is 23.4. The van der Waals surface area contributed by atoms with Crippen LogP contribution in [0.3, 0.4) is 0 Å². The summed E-state index contributed by atoms with van der Waals surface area (Å²) in [6, 6.07) is -0.551. The number of hydrogen-bond acceptors (Lipinski definition) is 5. The highest BCUT2D eigenvalue weighted by atomic mass is 16.5. The lowest BCUT2D eigenvalue weighted by Crippen LogP contribution is -2.45. The molecule has 78 heavy (non-hydrogen) atoms. The fourth-order valence-corrected chi connectivity index (χ4v) is 11.3. The Bertz CT molecular complexity index is 1220. The van der Waals surface area contributed by atoms with Crippen LogP contribution in [0.5, 0.6) is 0 Å². The first-order valence-corrected chi connectivity index (χ1v) is 35.6. The summed E-state index contributed by atoms with van der Waals surface area (Å²) in [4.78, 5) is 24.6. The van der Waals surface area contributed by atoms with Crippen LogP contribution in [0, 0.1) is 0 Å². The van der Waals surface area contributed by atoms with Crippen LogP contribution in [0.1, 0.15) is 399 Å². The summed E-state index contributed by atoms with van der Waals surface area (Å²) >= 11 is 0. The zero-order chi connectivity index (χ0) is 56.4. The third-order valence-corrected chi connectivity index (χ3v) is 16.8. The first-order valence-electron chi connectivity index (χ1n) is 35.6. The Hall–Kier alpha value is -1.66. The lowest BCUT2D eigenvalue weighted by Gasteiger charge is -2.22. The third-order valence-electron chi connectivity index (χ3n) is 16.8. The van der Waals surface area contributed by atoms with Crippen LogP contribution < -0.4 is 5.32 Å². The van der Waals surface area contributed by atoms with Crippen molar-refractivity contribution < 1.29 is 24.5 Å². The molecule has 6 heteroatoms. The van der Waals surface area contributed by atoms with Crippen LogP contribution in [0.4, 0.5) is 0 Å². The number of hydrogen-bond donors (Lipinski definition) is 3. The van der Waals surface area contributed by atoms with E-state index in [-0.39, 0.29) is 18.5 Å². The van der Waals surface area contributed by atoms with Crippen LogP contribution in [0.2, 0.25) is 0 Å². The molecule has 0 aliphatic heterocycles. The molecule has 3 N–H and O–H groups in total. The van der Waals surface area contributed by atoms with E-state index in [1.807, 2.05) is 0 Å². The first kappa shape index (κ1) is 76.3. The minimum absolute atomic E-state index is 0.00819. The molecular formula is C72H139NO5. The van der Waals surface area contributed by atoms with Gasteiger partial charge in [-0.15, -0.1) is 0 Å². The van der Waals surface area contributed by atoms with Gasteiger partial charge in [-0.1, -0.05) is 353 Å². The van der Waals surface area contributed by atoms with Crippen molar-refractivity contribution in [2.75, 3.05) is 13.2 Å². The summed E-state index contributed by atoms with van der Waals surface area (Å²) < 4.78 is 5.48. The fraction of sp³-hybridized carbons (Fsp3) is 0.917. The molecule has 0 rings (SSSR count). The zero-order valence-electron chi connectivity index (χ0n) is 52.9. The van der Waals surface area contributed by atoms with Gasteiger partial charge in [0.05, 0.1) is 25.4 Å². The maximum absolute atomic E-state index is 12.6. The number of aliphatic hydroxyl groups excluding tert-OH is 2. The van der Waals surface area contributed by atoms with E-state index in [0.717, 1.165) is 70.6 Å². The lowest BCUT2D eigenvalue weighted by atomic mass is 10.0. The summed E-state index contributed by atoms with van der Waals surface area (Å²) in [5.74, 6) is -0.0482. The molecule has 0 aromatic heterocycles. The van der Waals surface area contributed by atoms with E-state index in [1.54, 1.807) is 0 Å². The maximum atomic E-state index is 12.6. The van der Waals surface area contributed by atoms with Crippen LogP contribution in [0.25, 0.3) is 0 Å². The van der Waals surface area contributed by atoms with Gasteiger partial charge in [0.15, 0.2) is 0 Å². The highest BCUT2D eigenvalue weighted by Crippen LogP contribution is 2.19. The smallest absolute Gasteiger partial charge is 0.305 e. The molecule has 462 valence electrons. The van der Waals surface area contributed by atoms with Crippen molar-refractivity contribution in [3.63, 3.8) is 0 Å². The Morgan fingerprint density at radius 3 is 0.949 bits per heavy atom. The van der Waals surface area contributed by atoms with Crippen molar-refractivity contribution in [2.24, 2.45) is 0 Å². The number of allylic oxidation sites excluding steroid dienone is 4. The van der Waals surface area contributed by atoms with E-state index in [4.69, 9.17) is 4.74 Å². The van der Waals surface area contributed by atoms with Crippen molar-refractivity contribution >= 4 is 11.9 Å². The Labute approximate surface area is 488 Å². The molecule has 0 saturated carbocycles. The summed E-state index contributed by atoms with van der Waals surface area (Å²) in [6.45, 7) is 4.96. The molecule has 6 nitrogen and oxygen atoms in total. The predicted molar refractivity (Wildman–Crippen MR) is 343 cm³/mol. The monoisotopic (exact) mass is 1100 g/mol. The quantitative estimate of drug-likeness (QED) is 0.0320. The number of aliphatic hydroxyl groups is 2. The second-order valence-corrected chi connectivity index (χ2v) is 24.6.